The van der Waals surface area contributed by atoms with Crippen LogP contribution in [0.15, 0.2) is 36.4 Å². The van der Waals surface area contributed by atoms with E-state index in [0.717, 1.165) is 5.92 Å². The molecule has 0 aliphatic heterocycles. The molecule has 0 spiro atoms. The summed E-state index contributed by atoms with van der Waals surface area (Å²) in [6, 6.07) is 13.1. The van der Waals surface area contributed by atoms with Crippen molar-refractivity contribution < 1.29 is 0 Å². The van der Waals surface area contributed by atoms with E-state index in [9.17, 15) is 0 Å². The summed E-state index contributed by atoms with van der Waals surface area (Å²) in [6.45, 7) is 4.32. The van der Waals surface area contributed by atoms with Crippen molar-refractivity contribution in [2.24, 2.45) is 0 Å². The van der Waals surface area contributed by atoms with Crippen molar-refractivity contribution in [3.05, 3.63) is 54.4 Å². The summed E-state index contributed by atoms with van der Waals surface area (Å²) in [5.74, 6) is 0.751. The second kappa shape index (κ2) is 4.52. The third kappa shape index (κ3) is 1.97. The third-order valence-corrected chi connectivity index (χ3v) is 4.12. The number of hydrogen-bond acceptors (Lipinski definition) is 0. The van der Waals surface area contributed by atoms with E-state index < -0.39 is 0 Å². The SMILES string of the molecule is [CH2]c1c(C2CCCCC2)ccc2ccccc12. The summed E-state index contributed by atoms with van der Waals surface area (Å²) in [6.07, 6.45) is 6.88. The largest absolute Gasteiger partial charge is 0.0616 e. The van der Waals surface area contributed by atoms with Crippen molar-refractivity contribution in [1.29, 1.82) is 0 Å². The minimum atomic E-state index is 0.751. The van der Waals surface area contributed by atoms with E-state index in [0.29, 0.717) is 0 Å². The highest BCUT2D eigenvalue weighted by molar-refractivity contribution is 5.87. The van der Waals surface area contributed by atoms with E-state index in [4.69, 9.17) is 0 Å². The van der Waals surface area contributed by atoms with E-state index in [1.54, 1.807) is 0 Å². The Balaban J connectivity index is 2.07. The molecule has 3 rings (SSSR count). The highest BCUT2D eigenvalue weighted by atomic mass is 14.2. The maximum absolute atomic E-state index is 4.32. The van der Waals surface area contributed by atoms with Gasteiger partial charge in [-0.1, -0.05) is 55.7 Å². The second-order valence-corrected chi connectivity index (χ2v) is 5.19. The van der Waals surface area contributed by atoms with Crippen molar-refractivity contribution in [3.63, 3.8) is 0 Å². The molecule has 0 heteroatoms. The molecule has 0 N–H and O–H groups in total. The maximum Gasteiger partial charge on any atom is -0.0149 e. The molecule has 0 heterocycles. The summed E-state index contributed by atoms with van der Waals surface area (Å²) < 4.78 is 0. The zero-order chi connectivity index (χ0) is 11.7. The lowest BCUT2D eigenvalue weighted by Crippen LogP contribution is -2.06. The van der Waals surface area contributed by atoms with Gasteiger partial charge in [-0.15, -0.1) is 0 Å². The van der Waals surface area contributed by atoms with E-state index in [1.807, 2.05) is 0 Å². The standard InChI is InChI=1S/C17H19/c1-13-16-10-6-5-9-15(16)11-12-17(13)14-7-3-2-4-8-14/h5-6,9-12,14H,1-4,7-8H2. The molecule has 87 valence electrons. The fraction of sp³-hybridized carbons (Fsp3) is 0.353. The molecule has 1 saturated carbocycles. The van der Waals surface area contributed by atoms with Crippen molar-refractivity contribution in [3.8, 4) is 0 Å². The Kier molecular flexibility index (Phi) is 2.88. The molecule has 1 fully saturated rings. The monoisotopic (exact) mass is 223 g/mol. The lowest BCUT2D eigenvalue weighted by atomic mass is 9.81. The Morgan fingerprint density at radius 1 is 0.882 bits per heavy atom. The van der Waals surface area contributed by atoms with Crippen LogP contribution in [0, 0.1) is 6.92 Å². The molecular formula is C17H19. The molecule has 0 nitrogen and oxygen atoms in total. The fourth-order valence-corrected chi connectivity index (χ4v) is 3.15. The van der Waals surface area contributed by atoms with Gasteiger partial charge < -0.3 is 0 Å². The first-order valence-corrected chi connectivity index (χ1v) is 6.70. The highest BCUT2D eigenvalue weighted by Gasteiger charge is 2.17. The number of benzene rings is 2. The van der Waals surface area contributed by atoms with Crippen molar-refractivity contribution in [1.82, 2.24) is 0 Å². The topological polar surface area (TPSA) is 0 Å². The normalized spacial score (nSPS) is 17.5. The van der Waals surface area contributed by atoms with Gasteiger partial charge in [0, 0.05) is 0 Å². The summed E-state index contributed by atoms with van der Waals surface area (Å²) in [5.41, 5.74) is 2.75. The Morgan fingerprint density at radius 3 is 2.47 bits per heavy atom. The Labute approximate surface area is 104 Å². The lowest BCUT2D eigenvalue weighted by Gasteiger charge is -2.24. The van der Waals surface area contributed by atoms with Gasteiger partial charge in [-0.3, -0.25) is 0 Å². The van der Waals surface area contributed by atoms with E-state index in [1.165, 1.54) is 54.0 Å². The quantitative estimate of drug-likeness (QED) is 0.633. The molecule has 1 radical (unpaired) electrons. The van der Waals surface area contributed by atoms with Crippen LogP contribution < -0.4 is 0 Å². The number of hydrogen-bond donors (Lipinski definition) is 0. The summed E-state index contributed by atoms with van der Waals surface area (Å²) in [4.78, 5) is 0. The molecule has 0 amide bonds. The smallest absolute Gasteiger partial charge is 0.0149 e. The molecule has 0 bridgehead atoms. The Morgan fingerprint density at radius 2 is 1.65 bits per heavy atom. The minimum Gasteiger partial charge on any atom is -0.0616 e. The van der Waals surface area contributed by atoms with Gasteiger partial charge in [-0.25, -0.2) is 0 Å². The minimum absolute atomic E-state index is 0.751. The average molecular weight is 223 g/mol. The summed E-state index contributed by atoms with van der Waals surface area (Å²) >= 11 is 0. The fourth-order valence-electron chi connectivity index (χ4n) is 3.15. The van der Waals surface area contributed by atoms with Crippen molar-refractivity contribution in [2.75, 3.05) is 0 Å². The molecular weight excluding hydrogens is 204 g/mol. The van der Waals surface area contributed by atoms with E-state index in [2.05, 4.69) is 43.3 Å². The highest BCUT2D eigenvalue weighted by Crippen LogP contribution is 2.36. The van der Waals surface area contributed by atoms with Crippen LogP contribution in [0.2, 0.25) is 0 Å². The number of rotatable bonds is 1. The van der Waals surface area contributed by atoms with Crippen molar-refractivity contribution in [2.45, 2.75) is 38.0 Å². The molecule has 0 saturated heterocycles. The molecule has 17 heavy (non-hydrogen) atoms. The Bertz CT molecular complexity index is 519. The lowest BCUT2D eigenvalue weighted by molar-refractivity contribution is 0.443. The molecule has 1 aliphatic rings. The van der Waals surface area contributed by atoms with E-state index >= 15 is 0 Å². The predicted molar refractivity (Wildman–Crippen MR) is 74.2 cm³/mol. The van der Waals surface area contributed by atoms with Crippen LogP contribution in [0.4, 0.5) is 0 Å². The molecule has 0 atom stereocenters. The van der Waals surface area contributed by atoms with Gasteiger partial charge >= 0.3 is 0 Å². The van der Waals surface area contributed by atoms with Gasteiger partial charge in [0.05, 0.1) is 0 Å². The Hall–Kier alpha value is -1.30. The van der Waals surface area contributed by atoms with Crippen LogP contribution in [0.5, 0.6) is 0 Å². The van der Waals surface area contributed by atoms with Crippen LogP contribution in [0.1, 0.15) is 49.1 Å². The molecule has 2 aromatic carbocycles. The molecule has 0 unspecified atom stereocenters. The van der Waals surface area contributed by atoms with Crippen LogP contribution in [0.3, 0.4) is 0 Å². The van der Waals surface area contributed by atoms with Gasteiger partial charge in [-0.2, -0.15) is 0 Å². The third-order valence-electron chi connectivity index (χ3n) is 4.12. The van der Waals surface area contributed by atoms with Gasteiger partial charge in [-0.05, 0) is 47.6 Å². The average Bonchev–Trinajstić information content (AvgIpc) is 2.40. The second-order valence-electron chi connectivity index (χ2n) is 5.19. The first kappa shape index (κ1) is 10.8. The summed E-state index contributed by atoms with van der Waals surface area (Å²) in [5, 5.41) is 2.65. The molecule has 1 aliphatic carbocycles. The van der Waals surface area contributed by atoms with Gasteiger partial charge in [0.2, 0.25) is 0 Å². The predicted octanol–water partition coefficient (Wildman–Crippen LogP) is 5.07. The van der Waals surface area contributed by atoms with E-state index in [-0.39, 0.29) is 0 Å². The van der Waals surface area contributed by atoms with Crippen molar-refractivity contribution >= 4 is 10.8 Å². The van der Waals surface area contributed by atoms with Crippen LogP contribution in [-0.4, -0.2) is 0 Å². The van der Waals surface area contributed by atoms with Gasteiger partial charge in [0.1, 0.15) is 0 Å². The first-order chi connectivity index (χ1) is 8.36. The zero-order valence-corrected chi connectivity index (χ0v) is 10.3. The summed E-state index contributed by atoms with van der Waals surface area (Å²) in [7, 11) is 0. The van der Waals surface area contributed by atoms with Crippen LogP contribution >= 0.6 is 0 Å². The number of fused-ring (bicyclic) bond motifs is 1. The van der Waals surface area contributed by atoms with Gasteiger partial charge in [0.15, 0.2) is 0 Å². The zero-order valence-electron chi connectivity index (χ0n) is 10.3. The maximum atomic E-state index is 4.32. The first-order valence-electron chi connectivity index (χ1n) is 6.70. The molecule has 2 aromatic rings. The van der Waals surface area contributed by atoms with Gasteiger partial charge in [0.25, 0.3) is 0 Å². The molecule has 0 aromatic heterocycles. The van der Waals surface area contributed by atoms with Crippen LogP contribution in [0.25, 0.3) is 10.8 Å². The van der Waals surface area contributed by atoms with Crippen LogP contribution in [-0.2, 0) is 0 Å².